The van der Waals surface area contributed by atoms with Crippen molar-refractivity contribution in [3.63, 3.8) is 0 Å². The maximum absolute atomic E-state index is 13.4. The van der Waals surface area contributed by atoms with Crippen molar-refractivity contribution < 1.29 is 32.9 Å². The monoisotopic (exact) mass is 522 g/mol. The number of aliphatic hydroxyl groups is 2. The van der Waals surface area contributed by atoms with Crippen molar-refractivity contribution in [2.45, 2.75) is 36.5 Å². The first-order valence-corrected chi connectivity index (χ1v) is 13.9. The van der Waals surface area contributed by atoms with E-state index in [4.69, 9.17) is 9.47 Å². The van der Waals surface area contributed by atoms with Crippen LogP contribution in [0.3, 0.4) is 0 Å². The van der Waals surface area contributed by atoms with Crippen LogP contribution in [0.1, 0.15) is 30.9 Å². The Morgan fingerprint density at radius 1 is 0.919 bits per heavy atom. The van der Waals surface area contributed by atoms with Gasteiger partial charge in [-0.3, -0.25) is 4.79 Å². The molecule has 3 aromatic carbocycles. The number of benzene rings is 3. The summed E-state index contributed by atoms with van der Waals surface area (Å²) in [6.07, 6.45) is 1.93. The first-order valence-electron chi connectivity index (χ1n) is 12.3. The predicted octanol–water partition coefficient (Wildman–Crippen LogP) is 3.69. The number of hydrogen-bond acceptors (Lipinski definition) is 7. The van der Waals surface area contributed by atoms with Crippen LogP contribution in [0.25, 0.3) is 11.1 Å². The SMILES string of the molecule is CC(CO)(CO)CS(=O)(=O)c1ccc(-c2cccc(CC(=O)C3(c4ccc5c(c4)OCO5)CC3)c2)cc1. The van der Waals surface area contributed by atoms with Crippen LogP contribution < -0.4 is 9.47 Å². The minimum atomic E-state index is -3.69. The lowest BCUT2D eigenvalue weighted by molar-refractivity contribution is -0.120. The highest BCUT2D eigenvalue weighted by Gasteiger charge is 2.50. The molecule has 0 unspecified atom stereocenters. The summed E-state index contributed by atoms with van der Waals surface area (Å²) in [4.78, 5) is 13.5. The average Bonchev–Trinajstić information content (AvgIpc) is 3.59. The zero-order chi connectivity index (χ0) is 26.3. The van der Waals surface area contributed by atoms with Gasteiger partial charge in [-0.05, 0) is 59.4 Å². The summed E-state index contributed by atoms with van der Waals surface area (Å²) in [6.45, 7) is 0.874. The van der Waals surface area contributed by atoms with Crippen LogP contribution in [-0.4, -0.2) is 50.2 Å². The number of aliphatic hydroxyl groups excluding tert-OH is 2. The van der Waals surface area contributed by atoms with Crippen molar-refractivity contribution in [1.82, 2.24) is 0 Å². The molecule has 37 heavy (non-hydrogen) atoms. The van der Waals surface area contributed by atoms with Crippen LogP contribution >= 0.6 is 0 Å². The van der Waals surface area contributed by atoms with Gasteiger partial charge in [-0.25, -0.2) is 8.42 Å². The van der Waals surface area contributed by atoms with Gasteiger partial charge in [0, 0.05) is 11.8 Å². The quantitative estimate of drug-likeness (QED) is 0.418. The van der Waals surface area contributed by atoms with E-state index in [1.165, 1.54) is 19.1 Å². The molecule has 1 saturated carbocycles. The maximum atomic E-state index is 13.4. The van der Waals surface area contributed by atoms with Gasteiger partial charge in [0.1, 0.15) is 5.78 Å². The van der Waals surface area contributed by atoms with Crippen molar-refractivity contribution in [2.24, 2.45) is 5.41 Å². The molecule has 0 amide bonds. The second kappa shape index (κ2) is 9.59. The number of fused-ring (bicyclic) bond motifs is 1. The highest BCUT2D eigenvalue weighted by molar-refractivity contribution is 7.91. The van der Waals surface area contributed by atoms with Gasteiger partial charge in [0.2, 0.25) is 6.79 Å². The van der Waals surface area contributed by atoms with Gasteiger partial charge in [-0.1, -0.05) is 49.4 Å². The molecule has 5 rings (SSSR count). The third-order valence-electron chi connectivity index (χ3n) is 7.35. The molecule has 0 saturated heterocycles. The highest BCUT2D eigenvalue weighted by Crippen LogP contribution is 2.51. The molecule has 1 aliphatic carbocycles. The van der Waals surface area contributed by atoms with Crippen LogP contribution in [0.15, 0.2) is 71.6 Å². The minimum absolute atomic E-state index is 0.134. The Hall–Kier alpha value is -3.20. The number of Topliss-reactive ketones (excluding diaryl/α,β-unsaturated/α-hetero) is 1. The number of carbonyl (C=O) groups excluding carboxylic acids is 1. The van der Waals surface area contributed by atoms with E-state index >= 15 is 0 Å². The molecular weight excluding hydrogens is 492 g/mol. The van der Waals surface area contributed by atoms with Crippen LogP contribution in [0, 0.1) is 5.41 Å². The lowest BCUT2D eigenvalue weighted by Gasteiger charge is -2.24. The van der Waals surface area contributed by atoms with Gasteiger partial charge in [-0.2, -0.15) is 0 Å². The molecular formula is C29H30O7S. The molecule has 0 aromatic heterocycles. The summed E-state index contributed by atoms with van der Waals surface area (Å²) in [7, 11) is -3.69. The third-order valence-corrected chi connectivity index (χ3v) is 9.42. The number of carbonyl (C=O) groups is 1. The van der Waals surface area contributed by atoms with Crippen molar-refractivity contribution in [3.8, 4) is 22.6 Å². The van der Waals surface area contributed by atoms with Gasteiger partial charge in [0.15, 0.2) is 21.3 Å². The summed E-state index contributed by atoms with van der Waals surface area (Å²) in [5.41, 5.74) is 1.98. The van der Waals surface area contributed by atoms with E-state index in [-0.39, 0.29) is 23.2 Å². The van der Waals surface area contributed by atoms with Crippen molar-refractivity contribution in [2.75, 3.05) is 25.8 Å². The number of ether oxygens (including phenoxy) is 2. The fourth-order valence-corrected chi connectivity index (χ4v) is 6.62. The zero-order valence-corrected chi connectivity index (χ0v) is 21.5. The average molecular weight is 523 g/mol. The highest BCUT2D eigenvalue weighted by atomic mass is 32.2. The molecule has 0 bridgehead atoms. The standard InChI is InChI=1S/C29H30O7S/c1-28(16-30,17-31)18-37(33,34)24-8-5-21(6-9-24)22-4-2-3-20(13-22)14-27(32)29(11-12-29)23-7-10-25-26(15-23)36-19-35-25/h2-10,13,15,30-31H,11-12,14,16-19H2,1H3. The smallest absolute Gasteiger partial charge is 0.231 e. The molecule has 3 aromatic rings. The maximum Gasteiger partial charge on any atom is 0.231 e. The topological polar surface area (TPSA) is 110 Å². The van der Waals surface area contributed by atoms with Gasteiger partial charge in [0.25, 0.3) is 0 Å². The number of hydrogen-bond donors (Lipinski definition) is 2. The lowest BCUT2D eigenvalue weighted by atomic mass is 9.87. The molecule has 1 heterocycles. The van der Waals surface area contributed by atoms with E-state index in [0.717, 1.165) is 35.1 Å². The van der Waals surface area contributed by atoms with E-state index in [0.29, 0.717) is 17.9 Å². The van der Waals surface area contributed by atoms with Gasteiger partial charge < -0.3 is 19.7 Å². The minimum Gasteiger partial charge on any atom is -0.454 e. The summed E-state index contributed by atoms with van der Waals surface area (Å²) >= 11 is 0. The Morgan fingerprint density at radius 3 is 2.30 bits per heavy atom. The van der Waals surface area contributed by atoms with E-state index in [2.05, 4.69) is 0 Å². The summed E-state index contributed by atoms with van der Waals surface area (Å²) in [6, 6.07) is 20.0. The molecule has 1 aliphatic heterocycles. The predicted molar refractivity (Wildman–Crippen MR) is 138 cm³/mol. The normalized spacial score (nSPS) is 16.0. The van der Waals surface area contributed by atoms with E-state index in [1.807, 2.05) is 42.5 Å². The fraction of sp³-hybridized carbons (Fsp3) is 0.345. The zero-order valence-electron chi connectivity index (χ0n) is 20.6. The Labute approximate surface area is 216 Å². The van der Waals surface area contributed by atoms with Crippen LogP contribution in [0.2, 0.25) is 0 Å². The summed E-state index contributed by atoms with van der Waals surface area (Å²) < 4.78 is 36.5. The molecule has 0 radical (unpaired) electrons. The van der Waals surface area contributed by atoms with E-state index in [1.54, 1.807) is 12.1 Å². The molecule has 0 spiro atoms. The molecule has 7 nitrogen and oxygen atoms in total. The number of ketones is 1. The summed E-state index contributed by atoms with van der Waals surface area (Å²) in [5, 5.41) is 18.9. The van der Waals surface area contributed by atoms with Crippen molar-refractivity contribution in [1.29, 1.82) is 0 Å². The van der Waals surface area contributed by atoms with Gasteiger partial charge in [0.05, 0.1) is 29.3 Å². The Balaban J connectivity index is 1.31. The van der Waals surface area contributed by atoms with Crippen molar-refractivity contribution >= 4 is 15.6 Å². The molecule has 1 fully saturated rings. The third kappa shape index (κ3) is 5.01. The second-order valence-corrected chi connectivity index (χ2v) is 12.4. The summed E-state index contributed by atoms with van der Waals surface area (Å²) in [5.74, 6) is 1.20. The number of sulfone groups is 1. The van der Waals surface area contributed by atoms with Gasteiger partial charge in [-0.15, -0.1) is 0 Å². The Morgan fingerprint density at radius 2 is 1.62 bits per heavy atom. The number of rotatable bonds is 10. The first-order chi connectivity index (χ1) is 17.7. The van der Waals surface area contributed by atoms with Gasteiger partial charge >= 0.3 is 0 Å². The van der Waals surface area contributed by atoms with Crippen LogP contribution in [0.4, 0.5) is 0 Å². The van der Waals surface area contributed by atoms with Crippen LogP contribution in [0.5, 0.6) is 11.5 Å². The Kier molecular flexibility index (Phi) is 6.60. The molecule has 8 heteroatoms. The van der Waals surface area contributed by atoms with Crippen molar-refractivity contribution in [3.05, 3.63) is 77.9 Å². The van der Waals surface area contributed by atoms with Crippen LogP contribution in [-0.2, 0) is 26.5 Å². The second-order valence-electron chi connectivity index (χ2n) is 10.4. The lowest BCUT2D eigenvalue weighted by Crippen LogP contribution is -2.34. The molecule has 2 aliphatic rings. The van der Waals surface area contributed by atoms with E-state index < -0.39 is 33.9 Å². The molecule has 0 atom stereocenters. The fourth-order valence-electron chi connectivity index (χ4n) is 4.80. The largest absolute Gasteiger partial charge is 0.454 e. The van der Waals surface area contributed by atoms with E-state index in [9.17, 15) is 23.4 Å². The first kappa shape index (κ1) is 25.4. The Bertz CT molecular complexity index is 1420. The molecule has 194 valence electrons. The molecule has 2 N–H and O–H groups in total.